The number of nitrogens with one attached hydrogen (secondary N) is 2. The number of aromatic amines is 2. The van der Waals surface area contributed by atoms with Crippen LogP contribution in [0.1, 0.15) is 68.2 Å². The molecule has 2 N–H and O–H groups in total. The number of benzene rings is 6. The molecule has 3 atom stereocenters. The Hall–Kier alpha value is -5.60. The summed E-state index contributed by atoms with van der Waals surface area (Å²) >= 11 is 12.4. The monoisotopic (exact) mass is 874 g/mol. The molecule has 0 spiro atoms. The van der Waals surface area contributed by atoms with E-state index in [0.29, 0.717) is 0 Å². The molecule has 0 saturated heterocycles. The smallest absolute Gasteiger partial charge is 0.0620 e. The van der Waals surface area contributed by atoms with Crippen molar-refractivity contribution in [3.05, 3.63) is 212 Å². The lowest BCUT2D eigenvalue weighted by atomic mass is 9.94. The SMILES string of the molecule is Cc1cccc(C(c2c[nH]c3ccc(Cl)cc23)N(C)C)c1.Cc1ccccc1C(c1c[nH]c2ccc(Cl)cc12)N(C)C.Cc1ccccc1C(c1cn(C)c2ccccc12)N(C)C. The number of hydrogen-bond acceptors (Lipinski definition) is 3. The van der Waals surface area contributed by atoms with Gasteiger partial charge in [-0.25, -0.2) is 0 Å². The van der Waals surface area contributed by atoms with Crippen LogP contribution >= 0.6 is 23.2 Å². The summed E-state index contributed by atoms with van der Waals surface area (Å²) in [5.74, 6) is 0. The Balaban J connectivity index is 0.000000142. The predicted octanol–water partition coefficient (Wildman–Crippen LogP) is 13.7. The third kappa shape index (κ3) is 9.97. The van der Waals surface area contributed by atoms with Crippen LogP contribution in [0.5, 0.6) is 0 Å². The van der Waals surface area contributed by atoms with Crippen LogP contribution in [0.15, 0.2) is 152 Å². The molecule has 3 aromatic heterocycles. The zero-order chi connectivity index (χ0) is 44.9. The summed E-state index contributed by atoms with van der Waals surface area (Å²) in [6.07, 6.45) is 6.45. The Kier molecular flexibility index (Phi) is 14.3. The lowest BCUT2D eigenvalue weighted by Crippen LogP contribution is -2.21. The standard InChI is InChI=1S/C19H22N2.2C18H19ClN2/c1-14-9-5-6-10-15(14)19(20(2)3)17-13-21(4)18-12-8-7-11-16(17)18;1-12-5-4-6-13(9-12)18(21(2)3)16-11-20-17-8-7-14(19)10-15(16)17;1-12-6-4-5-7-14(12)18(21(2)3)16-11-20-17-9-8-13(19)10-15(16)17/h5-13,19H,1-4H3;2*4-11,18,20H,1-3H3. The summed E-state index contributed by atoms with van der Waals surface area (Å²) in [5, 5.41) is 5.24. The molecule has 8 heteroatoms. The normalized spacial score (nSPS) is 13.0. The predicted molar refractivity (Wildman–Crippen MR) is 270 cm³/mol. The Morgan fingerprint density at radius 2 is 0.937 bits per heavy atom. The zero-order valence-electron chi connectivity index (χ0n) is 38.2. The molecule has 3 unspecified atom stereocenters. The fraction of sp³-hybridized carbons (Fsp3) is 0.236. The van der Waals surface area contributed by atoms with Gasteiger partial charge in [0, 0.05) is 68.4 Å². The number of aromatic nitrogens is 3. The van der Waals surface area contributed by atoms with Gasteiger partial charge in [0.1, 0.15) is 0 Å². The van der Waals surface area contributed by atoms with Gasteiger partial charge in [0.2, 0.25) is 0 Å². The Bertz CT molecular complexity index is 2950. The van der Waals surface area contributed by atoms with Crippen molar-refractivity contribution in [3.8, 4) is 0 Å². The van der Waals surface area contributed by atoms with Gasteiger partial charge in [-0.3, -0.25) is 14.7 Å². The van der Waals surface area contributed by atoms with Crippen molar-refractivity contribution in [3.63, 3.8) is 0 Å². The van der Waals surface area contributed by atoms with Gasteiger partial charge in [0.15, 0.2) is 0 Å². The number of fused-ring (bicyclic) bond motifs is 3. The first-order valence-electron chi connectivity index (χ1n) is 21.5. The topological polar surface area (TPSA) is 46.2 Å². The number of rotatable bonds is 9. The first-order chi connectivity index (χ1) is 30.2. The Labute approximate surface area is 383 Å². The van der Waals surface area contributed by atoms with E-state index in [-0.39, 0.29) is 18.1 Å². The second kappa shape index (κ2) is 19.8. The molecule has 0 saturated carbocycles. The van der Waals surface area contributed by atoms with E-state index in [0.717, 1.165) is 21.1 Å². The van der Waals surface area contributed by atoms with Crippen LogP contribution in [0.4, 0.5) is 0 Å². The van der Waals surface area contributed by atoms with E-state index in [2.05, 4.69) is 215 Å². The van der Waals surface area contributed by atoms with E-state index in [1.54, 1.807) is 0 Å². The Morgan fingerprint density at radius 1 is 0.460 bits per heavy atom. The van der Waals surface area contributed by atoms with E-state index in [1.807, 2.05) is 36.4 Å². The van der Waals surface area contributed by atoms with Crippen LogP contribution in [0.25, 0.3) is 32.7 Å². The van der Waals surface area contributed by atoms with Crippen LogP contribution in [0.2, 0.25) is 10.0 Å². The second-order valence-electron chi connectivity index (χ2n) is 17.3. The van der Waals surface area contributed by atoms with Crippen LogP contribution < -0.4 is 0 Å². The highest BCUT2D eigenvalue weighted by molar-refractivity contribution is 6.31. The molecule has 6 nitrogen and oxygen atoms in total. The molecule has 6 aromatic carbocycles. The first-order valence-corrected chi connectivity index (χ1v) is 22.2. The lowest BCUT2D eigenvalue weighted by molar-refractivity contribution is 0.342. The summed E-state index contributed by atoms with van der Waals surface area (Å²) in [6, 6.07) is 47.2. The number of H-pyrrole nitrogens is 2. The average Bonchev–Trinajstić information content (AvgIpc) is 3.95. The number of para-hydroxylation sites is 1. The highest BCUT2D eigenvalue weighted by Gasteiger charge is 2.24. The van der Waals surface area contributed by atoms with Gasteiger partial charge >= 0.3 is 0 Å². The maximum absolute atomic E-state index is 6.18. The average molecular weight is 876 g/mol. The third-order valence-corrected chi connectivity index (χ3v) is 12.5. The molecule has 63 heavy (non-hydrogen) atoms. The highest BCUT2D eigenvalue weighted by atomic mass is 35.5. The molecule has 9 aromatic rings. The lowest BCUT2D eigenvalue weighted by Gasteiger charge is -2.26. The largest absolute Gasteiger partial charge is 0.361 e. The van der Waals surface area contributed by atoms with E-state index < -0.39 is 0 Å². The molecule has 0 aliphatic rings. The van der Waals surface area contributed by atoms with Gasteiger partial charge < -0.3 is 14.5 Å². The van der Waals surface area contributed by atoms with Gasteiger partial charge in [0.05, 0.1) is 18.1 Å². The number of aryl methyl sites for hydroxylation is 4. The van der Waals surface area contributed by atoms with E-state index in [1.165, 1.54) is 71.7 Å². The minimum absolute atomic E-state index is 0.206. The van der Waals surface area contributed by atoms with Crippen molar-refractivity contribution >= 4 is 55.9 Å². The molecule has 324 valence electrons. The molecule has 3 heterocycles. The van der Waals surface area contributed by atoms with Crippen molar-refractivity contribution in [1.82, 2.24) is 29.2 Å². The highest BCUT2D eigenvalue weighted by Crippen LogP contribution is 2.37. The molecule has 0 aliphatic heterocycles. The maximum Gasteiger partial charge on any atom is 0.0620 e. The zero-order valence-corrected chi connectivity index (χ0v) is 39.7. The summed E-state index contributed by atoms with van der Waals surface area (Å²) in [4.78, 5) is 13.5. The number of hydrogen-bond donors (Lipinski definition) is 2. The molecule has 0 radical (unpaired) electrons. The van der Waals surface area contributed by atoms with Gasteiger partial charge in [-0.2, -0.15) is 0 Å². The molecule has 9 rings (SSSR count). The quantitative estimate of drug-likeness (QED) is 0.152. The van der Waals surface area contributed by atoms with Crippen molar-refractivity contribution in [2.75, 3.05) is 42.3 Å². The van der Waals surface area contributed by atoms with Crippen LogP contribution in [-0.2, 0) is 7.05 Å². The summed E-state index contributed by atoms with van der Waals surface area (Å²) < 4.78 is 2.22. The fourth-order valence-electron chi connectivity index (χ4n) is 9.10. The fourth-order valence-corrected chi connectivity index (χ4v) is 9.45. The Morgan fingerprint density at radius 3 is 1.44 bits per heavy atom. The summed E-state index contributed by atoms with van der Waals surface area (Å²) in [7, 11) is 14.9. The number of nitrogens with zero attached hydrogens (tertiary/aromatic N) is 4. The minimum atomic E-state index is 0.206. The third-order valence-electron chi connectivity index (χ3n) is 12.0. The maximum atomic E-state index is 6.18. The molecule has 0 bridgehead atoms. The second-order valence-corrected chi connectivity index (χ2v) is 18.2. The van der Waals surface area contributed by atoms with Gasteiger partial charge in [0.25, 0.3) is 0 Å². The molecule has 0 amide bonds. The van der Waals surface area contributed by atoms with E-state index in [4.69, 9.17) is 23.2 Å². The minimum Gasteiger partial charge on any atom is -0.361 e. The van der Waals surface area contributed by atoms with Gasteiger partial charge in [-0.15, -0.1) is 0 Å². The van der Waals surface area contributed by atoms with Gasteiger partial charge in [-0.1, -0.05) is 120 Å². The molecular formula is C55H60Cl2N6. The van der Waals surface area contributed by atoms with E-state index in [9.17, 15) is 0 Å². The first kappa shape index (κ1) is 45.4. The molecule has 0 fully saturated rings. The number of halogens is 2. The molecular weight excluding hydrogens is 816 g/mol. The van der Waals surface area contributed by atoms with Crippen molar-refractivity contribution in [2.24, 2.45) is 7.05 Å². The molecule has 0 aliphatic carbocycles. The summed E-state index contributed by atoms with van der Waals surface area (Å²) in [5.41, 5.74) is 15.3. The summed E-state index contributed by atoms with van der Waals surface area (Å²) in [6.45, 7) is 6.48. The van der Waals surface area contributed by atoms with Crippen molar-refractivity contribution in [2.45, 2.75) is 38.9 Å². The van der Waals surface area contributed by atoms with E-state index >= 15 is 0 Å². The van der Waals surface area contributed by atoms with Crippen LogP contribution in [0, 0.1) is 20.8 Å². The van der Waals surface area contributed by atoms with Gasteiger partial charge in [-0.05, 0) is 150 Å². The van der Waals surface area contributed by atoms with Crippen LogP contribution in [-0.4, -0.2) is 71.5 Å². The van der Waals surface area contributed by atoms with Crippen molar-refractivity contribution < 1.29 is 0 Å². The van der Waals surface area contributed by atoms with Crippen molar-refractivity contribution in [1.29, 1.82) is 0 Å². The van der Waals surface area contributed by atoms with Crippen LogP contribution in [0.3, 0.4) is 0 Å².